The van der Waals surface area contributed by atoms with Crippen LogP contribution < -0.4 is 15.4 Å². The molecule has 0 spiro atoms. The van der Waals surface area contributed by atoms with Crippen molar-refractivity contribution < 1.29 is 17.9 Å². The maximum atomic E-state index is 12.9. The van der Waals surface area contributed by atoms with E-state index in [1.807, 2.05) is 13.8 Å². The van der Waals surface area contributed by atoms with Crippen LogP contribution >= 0.6 is 28.1 Å². The monoisotopic (exact) mass is 553 g/mol. The summed E-state index contributed by atoms with van der Waals surface area (Å²) in [6.07, 6.45) is 1.65. The average molecular weight is 555 g/mol. The summed E-state index contributed by atoms with van der Waals surface area (Å²) in [5.41, 5.74) is 0.916. The molecule has 0 aliphatic carbocycles. The first kappa shape index (κ1) is 25.6. The van der Waals surface area contributed by atoms with E-state index in [1.54, 1.807) is 42.5 Å². The minimum absolute atomic E-state index is 0.0917. The van der Waals surface area contributed by atoms with Gasteiger partial charge in [0.05, 0.1) is 16.6 Å². The molecule has 1 heterocycles. The molecule has 0 aromatic heterocycles. The van der Waals surface area contributed by atoms with E-state index in [0.717, 1.165) is 17.3 Å². The van der Waals surface area contributed by atoms with Gasteiger partial charge < -0.3 is 10.1 Å². The second-order valence-electron chi connectivity index (χ2n) is 8.33. The van der Waals surface area contributed by atoms with Crippen molar-refractivity contribution in [3.05, 3.63) is 52.5 Å². The Balaban J connectivity index is 1.64. The van der Waals surface area contributed by atoms with Gasteiger partial charge in [0.2, 0.25) is 10.0 Å². The van der Waals surface area contributed by atoms with E-state index >= 15 is 0 Å². The number of nitrogens with zero attached hydrogens (tertiary/aromatic N) is 1. The van der Waals surface area contributed by atoms with Gasteiger partial charge in [0.25, 0.3) is 5.91 Å². The number of carbonyl (C=O) groups is 1. The van der Waals surface area contributed by atoms with E-state index in [0.29, 0.717) is 36.0 Å². The largest absolute Gasteiger partial charge is 0.490 e. The molecule has 2 N–H and O–H groups in total. The van der Waals surface area contributed by atoms with Crippen LogP contribution in [0.25, 0.3) is 0 Å². The summed E-state index contributed by atoms with van der Waals surface area (Å²) in [6.45, 7) is 6.98. The lowest BCUT2D eigenvalue weighted by Crippen LogP contribution is -2.37. The van der Waals surface area contributed by atoms with Crippen molar-refractivity contribution in [2.24, 2.45) is 5.92 Å². The third kappa shape index (κ3) is 6.75. The van der Waals surface area contributed by atoms with Crippen LogP contribution in [0.1, 0.15) is 44.0 Å². The Morgan fingerprint density at radius 3 is 2.39 bits per heavy atom. The molecule has 1 saturated heterocycles. The van der Waals surface area contributed by atoms with Gasteiger partial charge in [-0.15, -0.1) is 0 Å². The molecular formula is C23H28BrN3O4S2. The standard InChI is InChI=1S/C23H28BrN3O4S2/c1-15(2)31-21-9-4-17(24)14-20(21)22(28)26-23(32)25-18-5-7-19(8-6-18)33(29,30)27-12-10-16(3)11-13-27/h4-9,14-16H,10-13H2,1-3H3,(H2,25,26,28,32). The molecule has 0 bridgehead atoms. The number of ether oxygens (including phenoxy) is 1. The lowest BCUT2D eigenvalue weighted by Gasteiger charge is -2.29. The van der Waals surface area contributed by atoms with Crippen LogP contribution in [0, 0.1) is 5.92 Å². The number of nitrogens with one attached hydrogen (secondary N) is 2. The van der Waals surface area contributed by atoms with E-state index in [1.165, 1.54) is 4.31 Å². The number of halogens is 1. The van der Waals surface area contributed by atoms with Gasteiger partial charge >= 0.3 is 0 Å². The van der Waals surface area contributed by atoms with Crippen molar-refractivity contribution in [3.63, 3.8) is 0 Å². The minimum Gasteiger partial charge on any atom is -0.490 e. The van der Waals surface area contributed by atoms with Gasteiger partial charge in [0.15, 0.2) is 5.11 Å². The smallest absolute Gasteiger partial charge is 0.261 e. The van der Waals surface area contributed by atoms with Crippen molar-refractivity contribution >= 4 is 54.9 Å². The summed E-state index contributed by atoms with van der Waals surface area (Å²) >= 11 is 8.64. The van der Waals surface area contributed by atoms with Crippen LogP contribution in [0.15, 0.2) is 51.8 Å². The highest BCUT2D eigenvalue weighted by atomic mass is 79.9. The molecule has 10 heteroatoms. The van der Waals surface area contributed by atoms with E-state index in [4.69, 9.17) is 17.0 Å². The number of thiocarbonyl (C=S) groups is 1. The number of carbonyl (C=O) groups excluding carboxylic acids is 1. The van der Waals surface area contributed by atoms with E-state index < -0.39 is 15.9 Å². The molecule has 0 unspecified atom stereocenters. The highest BCUT2D eigenvalue weighted by Gasteiger charge is 2.28. The number of benzene rings is 2. The Morgan fingerprint density at radius 2 is 1.79 bits per heavy atom. The fourth-order valence-electron chi connectivity index (χ4n) is 3.45. The number of amides is 1. The van der Waals surface area contributed by atoms with Crippen LogP contribution in [0.5, 0.6) is 5.75 Å². The number of rotatable bonds is 6. The topological polar surface area (TPSA) is 87.7 Å². The van der Waals surface area contributed by atoms with Crippen LogP contribution in [0.4, 0.5) is 5.69 Å². The molecule has 0 atom stereocenters. The van der Waals surface area contributed by atoms with Crippen molar-refractivity contribution in [1.82, 2.24) is 9.62 Å². The molecular weight excluding hydrogens is 526 g/mol. The molecule has 0 saturated carbocycles. The van der Waals surface area contributed by atoms with Crippen LogP contribution in [-0.4, -0.2) is 42.9 Å². The second kappa shape index (κ2) is 10.9. The van der Waals surface area contributed by atoms with Gasteiger partial charge in [-0.05, 0) is 87.3 Å². The van der Waals surface area contributed by atoms with Gasteiger partial charge in [-0.1, -0.05) is 22.9 Å². The summed E-state index contributed by atoms with van der Waals surface area (Å²) in [7, 11) is -3.52. The van der Waals surface area contributed by atoms with Gasteiger partial charge in [0, 0.05) is 23.2 Å². The third-order valence-corrected chi connectivity index (χ3v) is 7.88. The predicted octanol–water partition coefficient (Wildman–Crippen LogP) is 4.78. The maximum absolute atomic E-state index is 12.9. The first-order chi connectivity index (χ1) is 15.6. The SMILES string of the molecule is CC1CCN(S(=O)(=O)c2ccc(NC(=S)NC(=O)c3cc(Br)ccc3OC(C)C)cc2)CC1. The number of sulfonamides is 1. The normalized spacial score (nSPS) is 15.3. The number of hydrogen-bond donors (Lipinski definition) is 2. The van der Waals surface area contributed by atoms with Crippen molar-refractivity contribution in [1.29, 1.82) is 0 Å². The molecule has 1 amide bonds. The molecule has 2 aromatic carbocycles. The van der Waals surface area contributed by atoms with Gasteiger partial charge in [0.1, 0.15) is 5.75 Å². The van der Waals surface area contributed by atoms with Crippen LogP contribution in [-0.2, 0) is 10.0 Å². The molecule has 3 rings (SSSR count). The number of piperidine rings is 1. The first-order valence-corrected chi connectivity index (χ1v) is 13.4. The molecule has 7 nitrogen and oxygen atoms in total. The zero-order valence-corrected chi connectivity index (χ0v) is 22.0. The number of anilines is 1. The second-order valence-corrected chi connectivity index (χ2v) is 11.6. The Kier molecular flexibility index (Phi) is 8.49. The fraction of sp³-hybridized carbons (Fsp3) is 0.391. The van der Waals surface area contributed by atoms with Gasteiger partial charge in [-0.2, -0.15) is 4.31 Å². The summed E-state index contributed by atoms with van der Waals surface area (Å²) in [5.74, 6) is 0.586. The predicted molar refractivity (Wildman–Crippen MR) is 137 cm³/mol. The Labute approximate surface area is 209 Å². The molecule has 1 aliphatic heterocycles. The fourth-order valence-corrected chi connectivity index (χ4v) is 5.50. The lowest BCUT2D eigenvalue weighted by molar-refractivity contribution is 0.0972. The third-order valence-electron chi connectivity index (χ3n) is 5.27. The van der Waals surface area contributed by atoms with Gasteiger partial charge in [-0.25, -0.2) is 8.42 Å². The minimum atomic E-state index is -3.52. The van der Waals surface area contributed by atoms with Crippen molar-refractivity contribution in [2.75, 3.05) is 18.4 Å². The molecule has 178 valence electrons. The summed E-state index contributed by atoms with van der Waals surface area (Å²) in [6, 6.07) is 11.5. The van der Waals surface area contributed by atoms with E-state index in [2.05, 4.69) is 33.5 Å². The maximum Gasteiger partial charge on any atom is 0.261 e. The first-order valence-electron chi connectivity index (χ1n) is 10.7. The summed E-state index contributed by atoms with van der Waals surface area (Å²) in [5, 5.41) is 5.65. The van der Waals surface area contributed by atoms with E-state index in [-0.39, 0.29) is 16.1 Å². The highest BCUT2D eigenvalue weighted by Crippen LogP contribution is 2.25. The quantitative estimate of drug-likeness (QED) is 0.500. The zero-order valence-electron chi connectivity index (χ0n) is 18.8. The van der Waals surface area contributed by atoms with E-state index in [9.17, 15) is 13.2 Å². The molecule has 2 aromatic rings. The average Bonchev–Trinajstić information content (AvgIpc) is 2.75. The molecule has 0 radical (unpaired) electrons. The molecule has 1 fully saturated rings. The summed E-state index contributed by atoms with van der Waals surface area (Å²) < 4.78 is 33.7. The van der Waals surface area contributed by atoms with Crippen LogP contribution in [0.2, 0.25) is 0 Å². The van der Waals surface area contributed by atoms with Gasteiger partial charge in [-0.3, -0.25) is 10.1 Å². The number of hydrogen-bond acceptors (Lipinski definition) is 5. The Hall–Kier alpha value is -2.01. The Morgan fingerprint density at radius 1 is 1.15 bits per heavy atom. The zero-order chi connectivity index (χ0) is 24.2. The Bertz CT molecular complexity index is 1110. The molecule has 1 aliphatic rings. The molecule has 33 heavy (non-hydrogen) atoms. The lowest BCUT2D eigenvalue weighted by atomic mass is 10.0. The van der Waals surface area contributed by atoms with Crippen LogP contribution in [0.3, 0.4) is 0 Å². The van der Waals surface area contributed by atoms with Crippen molar-refractivity contribution in [2.45, 2.75) is 44.6 Å². The van der Waals surface area contributed by atoms with Crippen molar-refractivity contribution in [3.8, 4) is 5.75 Å². The highest BCUT2D eigenvalue weighted by molar-refractivity contribution is 9.10. The summed E-state index contributed by atoms with van der Waals surface area (Å²) in [4.78, 5) is 13.0.